The minimum atomic E-state index is -0.393. The van der Waals surface area contributed by atoms with Crippen molar-refractivity contribution in [1.82, 2.24) is 4.90 Å². The van der Waals surface area contributed by atoms with Crippen LogP contribution in [-0.2, 0) is 9.59 Å². The maximum Gasteiger partial charge on any atom is 0.259 e. The van der Waals surface area contributed by atoms with Gasteiger partial charge in [0.05, 0.1) is 10.9 Å². The largest absolute Gasteiger partial charge is 0.325 e. The van der Waals surface area contributed by atoms with Crippen LogP contribution in [0.15, 0.2) is 58.5 Å². The lowest BCUT2D eigenvalue weighted by molar-refractivity contribution is -0.124. The first-order chi connectivity index (χ1) is 15.9. The standard InChI is InChI=1S/C26H30N4O2S/c1-5-9-21-25(32)30-23(28-21)19-10-7-8-11-20(19)29-26(30)33-22(6-2)24(31)27-18-14-12-17(13-15-18)16(3)4/h7-8,10-16,21-22H,5-6,9H2,1-4H3,(H,27,31)/t21-,22-/m1/s1. The summed E-state index contributed by atoms with van der Waals surface area (Å²) in [7, 11) is 0. The molecular formula is C26H30N4O2S. The summed E-state index contributed by atoms with van der Waals surface area (Å²) in [4.78, 5) is 37.4. The molecule has 0 aliphatic carbocycles. The van der Waals surface area contributed by atoms with E-state index in [4.69, 9.17) is 9.98 Å². The van der Waals surface area contributed by atoms with Gasteiger partial charge in [-0.15, -0.1) is 0 Å². The van der Waals surface area contributed by atoms with Crippen molar-refractivity contribution < 1.29 is 9.59 Å². The number of aliphatic imine (C=N–C) groups is 2. The summed E-state index contributed by atoms with van der Waals surface area (Å²) in [6.07, 6.45) is 2.18. The Labute approximate surface area is 199 Å². The Morgan fingerprint density at radius 2 is 1.85 bits per heavy atom. The first-order valence-electron chi connectivity index (χ1n) is 11.6. The van der Waals surface area contributed by atoms with E-state index in [2.05, 4.69) is 19.2 Å². The first-order valence-corrected chi connectivity index (χ1v) is 12.5. The highest BCUT2D eigenvalue weighted by Crippen LogP contribution is 2.36. The van der Waals surface area contributed by atoms with Crippen LogP contribution in [-0.4, -0.2) is 39.0 Å². The molecule has 2 aromatic carbocycles. The number of hydrogen-bond donors (Lipinski definition) is 1. The zero-order valence-electron chi connectivity index (χ0n) is 19.5. The molecule has 33 heavy (non-hydrogen) atoms. The van der Waals surface area contributed by atoms with Crippen molar-refractivity contribution in [3.8, 4) is 0 Å². The summed E-state index contributed by atoms with van der Waals surface area (Å²) in [5.41, 5.74) is 3.63. The van der Waals surface area contributed by atoms with Gasteiger partial charge in [0.15, 0.2) is 5.17 Å². The fourth-order valence-electron chi connectivity index (χ4n) is 3.97. The number of nitrogens with zero attached hydrogens (tertiary/aromatic N) is 3. The average Bonchev–Trinajstić information content (AvgIpc) is 3.14. The SMILES string of the molecule is CCC[C@H]1N=C2c3ccccc3N=C(S[C@H](CC)C(=O)Nc3ccc(C(C)C)cc3)N2C1=O. The van der Waals surface area contributed by atoms with Crippen molar-refractivity contribution in [3.63, 3.8) is 0 Å². The summed E-state index contributed by atoms with van der Waals surface area (Å²) in [5.74, 6) is 0.918. The van der Waals surface area contributed by atoms with E-state index in [0.29, 0.717) is 29.8 Å². The molecule has 7 heteroatoms. The van der Waals surface area contributed by atoms with Gasteiger partial charge in [0.25, 0.3) is 5.91 Å². The van der Waals surface area contributed by atoms with E-state index < -0.39 is 11.3 Å². The molecule has 1 N–H and O–H groups in total. The van der Waals surface area contributed by atoms with Crippen molar-refractivity contribution in [1.29, 1.82) is 0 Å². The Balaban J connectivity index is 1.57. The Morgan fingerprint density at radius 1 is 1.12 bits per heavy atom. The van der Waals surface area contributed by atoms with Gasteiger partial charge in [-0.05, 0) is 48.6 Å². The van der Waals surface area contributed by atoms with Crippen LogP contribution in [0.5, 0.6) is 0 Å². The highest BCUT2D eigenvalue weighted by Gasteiger charge is 2.42. The summed E-state index contributed by atoms with van der Waals surface area (Å²) < 4.78 is 0. The molecule has 0 saturated carbocycles. The highest BCUT2D eigenvalue weighted by atomic mass is 32.2. The van der Waals surface area contributed by atoms with Gasteiger partial charge in [-0.2, -0.15) is 0 Å². The zero-order chi connectivity index (χ0) is 23.5. The Kier molecular flexibility index (Phi) is 6.98. The number of thioether (sulfide) groups is 1. The lowest BCUT2D eigenvalue weighted by Gasteiger charge is -2.27. The molecule has 2 atom stereocenters. The molecule has 0 radical (unpaired) electrons. The average molecular weight is 463 g/mol. The number of carbonyl (C=O) groups is 2. The lowest BCUT2D eigenvalue weighted by atomic mass is 10.0. The fraction of sp³-hybridized carbons (Fsp3) is 0.385. The summed E-state index contributed by atoms with van der Waals surface area (Å²) in [6, 6.07) is 15.3. The van der Waals surface area contributed by atoms with E-state index in [1.165, 1.54) is 17.3 Å². The molecule has 0 saturated heterocycles. The van der Waals surface area contributed by atoms with Crippen LogP contribution < -0.4 is 5.32 Å². The van der Waals surface area contributed by atoms with Crippen LogP contribution in [0.3, 0.4) is 0 Å². The summed E-state index contributed by atoms with van der Waals surface area (Å²) in [6.45, 7) is 8.30. The molecule has 2 aromatic rings. The second-order valence-electron chi connectivity index (χ2n) is 8.62. The van der Waals surface area contributed by atoms with Crippen LogP contribution >= 0.6 is 11.8 Å². The number of hydrogen-bond acceptors (Lipinski definition) is 5. The Morgan fingerprint density at radius 3 is 2.52 bits per heavy atom. The number of rotatable bonds is 7. The van der Waals surface area contributed by atoms with Crippen molar-refractivity contribution in [3.05, 3.63) is 59.7 Å². The molecule has 172 valence electrons. The molecule has 4 rings (SSSR count). The summed E-state index contributed by atoms with van der Waals surface area (Å²) >= 11 is 1.33. The molecule has 2 aliphatic heterocycles. The van der Waals surface area contributed by atoms with Gasteiger partial charge in [0.2, 0.25) is 5.91 Å². The predicted molar refractivity (Wildman–Crippen MR) is 136 cm³/mol. The van der Waals surface area contributed by atoms with Crippen LogP contribution in [0.4, 0.5) is 11.4 Å². The van der Waals surface area contributed by atoms with E-state index in [1.54, 1.807) is 4.90 Å². The molecule has 0 bridgehead atoms. The van der Waals surface area contributed by atoms with Gasteiger partial charge in [0.1, 0.15) is 11.9 Å². The van der Waals surface area contributed by atoms with Gasteiger partial charge in [-0.25, -0.2) is 9.89 Å². The second-order valence-corrected chi connectivity index (χ2v) is 9.79. The third-order valence-corrected chi connectivity index (χ3v) is 7.18. The van der Waals surface area contributed by atoms with E-state index in [0.717, 1.165) is 23.4 Å². The summed E-state index contributed by atoms with van der Waals surface area (Å²) in [5, 5.41) is 3.15. The van der Waals surface area contributed by atoms with Gasteiger partial charge in [-0.3, -0.25) is 14.6 Å². The van der Waals surface area contributed by atoms with Gasteiger partial charge >= 0.3 is 0 Å². The van der Waals surface area contributed by atoms with Crippen molar-refractivity contribution >= 4 is 46.0 Å². The molecule has 0 fully saturated rings. The quantitative estimate of drug-likeness (QED) is 0.572. The minimum Gasteiger partial charge on any atom is -0.325 e. The van der Waals surface area contributed by atoms with Crippen LogP contribution in [0.2, 0.25) is 0 Å². The smallest absolute Gasteiger partial charge is 0.259 e. The van der Waals surface area contributed by atoms with Gasteiger partial charge < -0.3 is 5.32 Å². The third-order valence-electron chi connectivity index (χ3n) is 5.87. The number of anilines is 1. The number of benzene rings is 2. The molecule has 0 spiro atoms. The maximum absolute atomic E-state index is 13.2. The molecule has 6 nitrogen and oxygen atoms in total. The number of amidine groups is 2. The Bertz CT molecular complexity index is 1110. The van der Waals surface area contributed by atoms with Gasteiger partial charge in [0, 0.05) is 11.3 Å². The Hall–Kier alpha value is -2.93. The molecule has 2 heterocycles. The normalized spacial score (nSPS) is 17.9. The molecule has 0 aromatic heterocycles. The minimum absolute atomic E-state index is 0.0628. The van der Waals surface area contributed by atoms with Crippen LogP contribution in [0, 0.1) is 0 Å². The second kappa shape index (κ2) is 9.91. The molecule has 2 aliphatic rings. The number of para-hydroxylation sites is 1. The highest BCUT2D eigenvalue weighted by molar-refractivity contribution is 8.15. The van der Waals surface area contributed by atoms with Crippen molar-refractivity contribution in [2.75, 3.05) is 5.32 Å². The fourth-order valence-corrected chi connectivity index (χ4v) is 4.99. The first kappa shape index (κ1) is 23.2. The van der Waals surface area contributed by atoms with Crippen LogP contribution in [0.1, 0.15) is 64.0 Å². The topological polar surface area (TPSA) is 74.1 Å². The number of carbonyl (C=O) groups excluding carboxylic acids is 2. The third kappa shape index (κ3) is 4.74. The molecule has 2 amide bonds. The van der Waals surface area contributed by atoms with Crippen molar-refractivity contribution in [2.24, 2.45) is 9.98 Å². The zero-order valence-corrected chi connectivity index (χ0v) is 20.4. The lowest BCUT2D eigenvalue weighted by Crippen LogP contribution is -2.42. The molecule has 0 unspecified atom stereocenters. The van der Waals surface area contributed by atoms with E-state index in [-0.39, 0.29) is 11.8 Å². The monoisotopic (exact) mass is 462 g/mol. The number of fused-ring (bicyclic) bond motifs is 3. The van der Waals surface area contributed by atoms with E-state index in [1.807, 2.05) is 62.4 Å². The van der Waals surface area contributed by atoms with E-state index in [9.17, 15) is 9.59 Å². The van der Waals surface area contributed by atoms with Crippen LogP contribution in [0.25, 0.3) is 0 Å². The number of amides is 2. The molecular weight excluding hydrogens is 432 g/mol. The van der Waals surface area contributed by atoms with Crippen molar-refractivity contribution in [2.45, 2.75) is 64.2 Å². The predicted octanol–water partition coefficient (Wildman–Crippen LogP) is 5.72. The number of nitrogens with one attached hydrogen (secondary N) is 1. The maximum atomic E-state index is 13.2. The van der Waals surface area contributed by atoms with Gasteiger partial charge in [-0.1, -0.05) is 70.1 Å². The van der Waals surface area contributed by atoms with E-state index >= 15 is 0 Å².